The van der Waals surface area contributed by atoms with Crippen LogP contribution in [0.5, 0.6) is 0 Å². The van der Waals surface area contributed by atoms with E-state index in [9.17, 15) is 75.7 Å². The van der Waals surface area contributed by atoms with Gasteiger partial charge in [-0.2, -0.15) is 0 Å². The van der Waals surface area contributed by atoms with Crippen LogP contribution in [0.2, 0.25) is 0 Å². The van der Waals surface area contributed by atoms with Crippen LogP contribution in [-0.2, 0) is 33.3 Å². The Morgan fingerprint density at radius 2 is 1.60 bits per heavy atom. The third-order valence-corrected chi connectivity index (χ3v) is 7.02. The van der Waals surface area contributed by atoms with Crippen LogP contribution >= 0.6 is 0 Å². The van der Waals surface area contributed by atoms with Crippen LogP contribution in [0, 0.1) is 0 Å². The Balaban J connectivity index is 2.33. The second-order valence-electron chi connectivity index (χ2n) is 10.2. The number of aldehydes is 1. The molecular formula is C23H39NO19. The predicted octanol–water partition coefficient (Wildman–Crippen LogP) is -8.38. The highest BCUT2D eigenvalue weighted by molar-refractivity contribution is 5.76. The monoisotopic (exact) mass is 633 g/mol. The van der Waals surface area contributed by atoms with Gasteiger partial charge in [-0.1, -0.05) is 0 Å². The first-order chi connectivity index (χ1) is 20.0. The molecule has 43 heavy (non-hydrogen) atoms. The molecule has 1 amide bonds. The summed E-state index contributed by atoms with van der Waals surface area (Å²) < 4.78 is 21.4. The molecule has 13 N–H and O–H groups in total. The molecule has 20 nitrogen and oxygen atoms in total. The second-order valence-corrected chi connectivity index (χ2v) is 10.2. The fourth-order valence-corrected chi connectivity index (χ4v) is 4.59. The van der Waals surface area contributed by atoms with E-state index >= 15 is 0 Å². The first-order valence-electron chi connectivity index (χ1n) is 13.0. The van der Waals surface area contributed by atoms with Gasteiger partial charge in [0, 0.05) is 13.3 Å². The van der Waals surface area contributed by atoms with Gasteiger partial charge in [-0.25, -0.2) is 4.79 Å². The molecule has 2 saturated heterocycles. The van der Waals surface area contributed by atoms with Crippen molar-refractivity contribution in [3.05, 3.63) is 0 Å². The van der Waals surface area contributed by atoms with E-state index < -0.39 is 129 Å². The number of hydrogen-bond acceptors (Lipinski definition) is 18. The summed E-state index contributed by atoms with van der Waals surface area (Å²) in [5, 5.41) is 123. The van der Waals surface area contributed by atoms with Gasteiger partial charge in [0.2, 0.25) is 5.91 Å². The normalized spacial score (nSPS) is 37.4. The number of carbonyl (C=O) groups is 3. The van der Waals surface area contributed by atoms with Gasteiger partial charge >= 0.3 is 5.97 Å². The van der Waals surface area contributed by atoms with Gasteiger partial charge in [-0.15, -0.1) is 0 Å². The number of nitrogens with one attached hydrogen (secondary N) is 1. The van der Waals surface area contributed by atoms with Crippen LogP contribution in [0.15, 0.2) is 0 Å². The van der Waals surface area contributed by atoms with E-state index in [1.54, 1.807) is 0 Å². The Kier molecular flexibility index (Phi) is 13.7. The zero-order valence-electron chi connectivity index (χ0n) is 22.7. The number of carboxylic acid groups (broad SMARTS) is 1. The molecular weight excluding hydrogens is 594 g/mol. The third-order valence-electron chi connectivity index (χ3n) is 7.02. The van der Waals surface area contributed by atoms with Crippen LogP contribution in [0.1, 0.15) is 13.3 Å². The molecule has 2 fully saturated rings. The average molecular weight is 634 g/mol. The Bertz CT molecular complexity index is 927. The standard InChI is InChI=1S/C23H39NO19/c1-7(28)24-13-8(29)2-23(22(38)39,43-20(13)15(34)10(31)4-26)40-6-12-16(35)17(36)18(37)21(41-12)42-19(11(32)5-27)14(33)9(30)3-25/h3,8-21,26-27,29-37H,2,4-6H2,1H3,(H,24,28)(H,38,39)/t8-,9-,10-,11+,12-,13+,14+,15+,16-,17-,18+,19+,20+,21-,23+/m0/s1. The van der Waals surface area contributed by atoms with E-state index in [1.165, 1.54) is 0 Å². The summed E-state index contributed by atoms with van der Waals surface area (Å²) in [7, 11) is 0. The number of carbonyl (C=O) groups excluding carboxylic acids is 2. The lowest BCUT2D eigenvalue weighted by Gasteiger charge is -2.47. The Labute approximate surface area is 243 Å². The Morgan fingerprint density at radius 3 is 2.12 bits per heavy atom. The van der Waals surface area contributed by atoms with Crippen LogP contribution in [0.25, 0.3) is 0 Å². The van der Waals surface area contributed by atoms with Crippen molar-refractivity contribution >= 4 is 18.2 Å². The number of aliphatic hydroxyl groups is 11. The van der Waals surface area contributed by atoms with Gasteiger partial charge in [0.25, 0.3) is 5.79 Å². The molecule has 15 atom stereocenters. The van der Waals surface area contributed by atoms with Crippen LogP contribution in [0.4, 0.5) is 0 Å². The average Bonchev–Trinajstić information content (AvgIpc) is 2.97. The zero-order chi connectivity index (χ0) is 32.8. The SMILES string of the molecule is CC(=O)N[C@H]1[C@H]([C@H](O)[C@@H](O)CO)O[C@@](OC[C@@H]2O[C@@H](O[C@@H]([C@H](O)[C@@H](O)C=O)[C@H](O)CO)[C@H](O)[C@@H](O)[C@H]2O)(C(=O)O)C[C@@H]1O. The molecule has 0 aromatic rings. The van der Waals surface area contributed by atoms with Crippen LogP contribution in [0.3, 0.4) is 0 Å². The van der Waals surface area contributed by atoms with Crippen molar-refractivity contribution in [2.75, 3.05) is 19.8 Å². The number of aliphatic carboxylic acids is 1. The van der Waals surface area contributed by atoms with E-state index in [0.717, 1.165) is 6.92 Å². The molecule has 0 unspecified atom stereocenters. The van der Waals surface area contributed by atoms with E-state index in [1.807, 2.05) is 0 Å². The lowest BCUT2D eigenvalue weighted by atomic mass is 9.88. The molecule has 2 aliphatic rings. The smallest absolute Gasteiger partial charge is 0.364 e. The highest BCUT2D eigenvalue weighted by Gasteiger charge is 2.57. The molecule has 2 aliphatic heterocycles. The molecule has 2 heterocycles. The number of hydrogen-bond donors (Lipinski definition) is 13. The van der Waals surface area contributed by atoms with Crippen LogP contribution in [-0.4, -0.2) is 191 Å². The van der Waals surface area contributed by atoms with Gasteiger partial charge in [0.15, 0.2) is 12.6 Å². The van der Waals surface area contributed by atoms with Crippen molar-refractivity contribution < 1.29 is 94.6 Å². The first kappa shape index (κ1) is 37.2. The molecule has 2 rings (SSSR count). The number of carboxylic acids is 1. The van der Waals surface area contributed by atoms with Crippen molar-refractivity contribution in [2.45, 2.75) is 105 Å². The molecule has 0 aliphatic carbocycles. The van der Waals surface area contributed by atoms with E-state index in [-0.39, 0.29) is 6.29 Å². The minimum atomic E-state index is -2.87. The van der Waals surface area contributed by atoms with Gasteiger partial charge < -0.3 is 90.3 Å². The second kappa shape index (κ2) is 15.8. The minimum absolute atomic E-state index is 0.122. The number of aliphatic hydroxyl groups excluding tert-OH is 11. The van der Waals surface area contributed by atoms with E-state index in [2.05, 4.69) is 5.32 Å². The van der Waals surface area contributed by atoms with Gasteiger partial charge in [0.05, 0.1) is 32.0 Å². The number of amides is 1. The highest BCUT2D eigenvalue weighted by Crippen LogP contribution is 2.35. The van der Waals surface area contributed by atoms with Crippen molar-refractivity contribution in [2.24, 2.45) is 0 Å². The van der Waals surface area contributed by atoms with Crippen molar-refractivity contribution in [3.8, 4) is 0 Å². The maximum absolute atomic E-state index is 12.3. The number of rotatable bonds is 15. The fourth-order valence-electron chi connectivity index (χ4n) is 4.59. The molecule has 0 aromatic heterocycles. The molecule has 0 radical (unpaired) electrons. The summed E-state index contributed by atoms with van der Waals surface area (Å²) in [6, 6.07) is -1.50. The quantitative estimate of drug-likeness (QED) is 0.0744. The zero-order valence-corrected chi connectivity index (χ0v) is 22.7. The molecule has 0 saturated carbocycles. The summed E-state index contributed by atoms with van der Waals surface area (Å²) in [4.78, 5) is 34.9. The minimum Gasteiger partial charge on any atom is -0.477 e. The van der Waals surface area contributed by atoms with Crippen LogP contribution < -0.4 is 5.32 Å². The lowest BCUT2D eigenvalue weighted by molar-refractivity contribution is -0.348. The van der Waals surface area contributed by atoms with Gasteiger partial charge in [-0.05, 0) is 0 Å². The van der Waals surface area contributed by atoms with E-state index in [4.69, 9.17) is 18.9 Å². The topological polar surface area (TPSA) is 343 Å². The third kappa shape index (κ3) is 8.59. The maximum Gasteiger partial charge on any atom is 0.364 e. The summed E-state index contributed by atoms with van der Waals surface area (Å²) in [5.41, 5.74) is 0. The molecule has 0 bridgehead atoms. The van der Waals surface area contributed by atoms with Gasteiger partial charge in [0.1, 0.15) is 67.1 Å². The summed E-state index contributed by atoms with van der Waals surface area (Å²) in [6.07, 6.45) is -27.1. The molecule has 250 valence electrons. The highest BCUT2D eigenvalue weighted by atomic mass is 16.7. The predicted molar refractivity (Wildman–Crippen MR) is 131 cm³/mol. The summed E-state index contributed by atoms with van der Waals surface area (Å²) in [5.74, 6) is -5.51. The van der Waals surface area contributed by atoms with Crippen molar-refractivity contribution in [3.63, 3.8) is 0 Å². The van der Waals surface area contributed by atoms with Crippen molar-refractivity contribution in [1.82, 2.24) is 5.32 Å². The Morgan fingerprint density at radius 1 is 1.00 bits per heavy atom. The van der Waals surface area contributed by atoms with E-state index in [0.29, 0.717) is 0 Å². The van der Waals surface area contributed by atoms with Gasteiger partial charge in [-0.3, -0.25) is 4.79 Å². The molecule has 0 spiro atoms. The fraction of sp³-hybridized carbons (Fsp3) is 0.870. The Hall–Kier alpha value is -1.99. The first-order valence-corrected chi connectivity index (χ1v) is 13.0. The molecule has 20 heteroatoms. The number of ether oxygens (including phenoxy) is 4. The molecule has 0 aromatic carbocycles. The van der Waals surface area contributed by atoms with Crippen molar-refractivity contribution in [1.29, 1.82) is 0 Å². The maximum atomic E-state index is 12.3. The lowest BCUT2D eigenvalue weighted by Crippen LogP contribution is -2.68. The summed E-state index contributed by atoms with van der Waals surface area (Å²) in [6.45, 7) is -2.09. The summed E-state index contributed by atoms with van der Waals surface area (Å²) >= 11 is 0. The largest absolute Gasteiger partial charge is 0.477 e.